The van der Waals surface area contributed by atoms with Gasteiger partial charge in [0.05, 0.1) is 0 Å². The molecule has 72 valence electrons. The Kier molecular flexibility index (Phi) is 5.72. The highest BCUT2D eigenvalue weighted by atomic mass is 16.2. The lowest BCUT2D eigenvalue weighted by atomic mass is 10.2. The number of hydrogen-bond donors (Lipinski definition) is 1. The van der Waals surface area contributed by atoms with Gasteiger partial charge in [0.1, 0.15) is 0 Å². The molecule has 0 aliphatic heterocycles. The highest BCUT2D eigenvalue weighted by Crippen LogP contribution is 2.04. The van der Waals surface area contributed by atoms with Crippen molar-refractivity contribution in [3.05, 3.63) is 0 Å². The van der Waals surface area contributed by atoms with Gasteiger partial charge in [-0.25, -0.2) is 0 Å². The standard InChI is InChI=1S/C9H20N2O/c1-4-8(3)11(5-2)9(12)6-7-10/h8H,4-7,10H2,1-3H3. The fourth-order valence-corrected chi connectivity index (χ4v) is 1.22. The van der Waals surface area contributed by atoms with Gasteiger partial charge in [-0.1, -0.05) is 6.92 Å². The lowest BCUT2D eigenvalue weighted by Crippen LogP contribution is -2.38. The highest BCUT2D eigenvalue weighted by Gasteiger charge is 2.15. The van der Waals surface area contributed by atoms with E-state index in [-0.39, 0.29) is 5.91 Å². The summed E-state index contributed by atoms with van der Waals surface area (Å²) >= 11 is 0. The molecule has 1 atom stereocenters. The maximum Gasteiger partial charge on any atom is 0.224 e. The molecule has 0 aromatic heterocycles. The van der Waals surface area contributed by atoms with E-state index in [0.29, 0.717) is 19.0 Å². The molecule has 2 N–H and O–H groups in total. The summed E-state index contributed by atoms with van der Waals surface area (Å²) in [5, 5.41) is 0. The Labute approximate surface area is 74.9 Å². The Hall–Kier alpha value is -0.570. The van der Waals surface area contributed by atoms with Crippen LogP contribution in [0.2, 0.25) is 0 Å². The second-order valence-corrected chi connectivity index (χ2v) is 2.98. The number of carbonyl (C=O) groups excluding carboxylic acids is 1. The summed E-state index contributed by atoms with van der Waals surface area (Å²) in [6, 6.07) is 0.342. The second-order valence-electron chi connectivity index (χ2n) is 2.98. The normalized spacial score (nSPS) is 12.7. The molecule has 0 aromatic rings. The summed E-state index contributed by atoms with van der Waals surface area (Å²) < 4.78 is 0. The van der Waals surface area contributed by atoms with Crippen molar-refractivity contribution >= 4 is 5.91 Å². The van der Waals surface area contributed by atoms with Crippen molar-refractivity contribution in [2.75, 3.05) is 13.1 Å². The molecular formula is C9H20N2O. The maximum absolute atomic E-state index is 11.4. The minimum atomic E-state index is 0.175. The van der Waals surface area contributed by atoms with Crippen molar-refractivity contribution < 1.29 is 4.79 Å². The zero-order chi connectivity index (χ0) is 9.56. The van der Waals surface area contributed by atoms with E-state index in [0.717, 1.165) is 13.0 Å². The number of rotatable bonds is 5. The molecule has 0 saturated carbocycles. The number of carbonyl (C=O) groups is 1. The summed E-state index contributed by atoms with van der Waals surface area (Å²) in [6.07, 6.45) is 1.47. The van der Waals surface area contributed by atoms with Gasteiger partial charge < -0.3 is 10.6 Å². The summed E-state index contributed by atoms with van der Waals surface area (Å²) in [5.74, 6) is 0.175. The van der Waals surface area contributed by atoms with Crippen LogP contribution in [0.4, 0.5) is 0 Å². The Morgan fingerprint density at radius 2 is 2.08 bits per heavy atom. The molecule has 0 spiro atoms. The first kappa shape index (κ1) is 11.4. The van der Waals surface area contributed by atoms with Crippen molar-refractivity contribution in [1.82, 2.24) is 4.90 Å². The van der Waals surface area contributed by atoms with Crippen LogP contribution in [-0.2, 0) is 4.79 Å². The van der Waals surface area contributed by atoms with Crippen LogP contribution in [-0.4, -0.2) is 29.9 Å². The van der Waals surface area contributed by atoms with Crippen LogP contribution < -0.4 is 5.73 Å². The van der Waals surface area contributed by atoms with Crippen LogP contribution in [0.3, 0.4) is 0 Å². The Balaban J connectivity index is 4.04. The lowest BCUT2D eigenvalue weighted by molar-refractivity contribution is -0.132. The first-order chi connectivity index (χ1) is 5.67. The molecule has 1 amide bonds. The van der Waals surface area contributed by atoms with Crippen LogP contribution in [0.1, 0.15) is 33.6 Å². The third kappa shape index (κ3) is 3.22. The first-order valence-electron chi connectivity index (χ1n) is 4.66. The Morgan fingerprint density at radius 3 is 2.42 bits per heavy atom. The van der Waals surface area contributed by atoms with E-state index in [2.05, 4.69) is 13.8 Å². The number of hydrogen-bond acceptors (Lipinski definition) is 2. The fraction of sp³-hybridized carbons (Fsp3) is 0.889. The topological polar surface area (TPSA) is 46.3 Å². The fourth-order valence-electron chi connectivity index (χ4n) is 1.22. The van der Waals surface area contributed by atoms with E-state index in [4.69, 9.17) is 5.73 Å². The minimum absolute atomic E-state index is 0.175. The van der Waals surface area contributed by atoms with E-state index < -0.39 is 0 Å². The molecule has 0 saturated heterocycles. The van der Waals surface area contributed by atoms with Crippen LogP contribution in [0.15, 0.2) is 0 Å². The maximum atomic E-state index is 11.4. The van der Waals surface area contributed by atoms with Gasteiger partial charge in [0, 0.05) is 25.6 Å². The molecule has 3 heteroatoms. The molecule has 0 fully saturated rings. The second kappa shape index (κ2) is 6.00. The van der Waals surface area contributed by atoms with Crippen molar-refractivity contribution in [3.63, 3.8) is 0 Å². The van der Waals surface area contributed by atoms with Crippen molar-refractivity contribution in [3.8, 4) is 0 Å². The highest BCUT2D eigenvalue weighted by molar-refractivity contribution is 5.76. The molecular weight excluding hydrogens is 152 g/mol. The SMILES string of the molecule is CCC(C)N(CC)C(=O)CCN. The summed E-state index contributed by atoms with van der Waals surface area (Å²) in [5.41, 5.74) is 5.32. The van der Waals surface area contributed by atoms with Crippen LogP contribution in [0.25, 0.3) is 0 Å². The smallest absolute Gasteiger partial charge is 0.224 e. The molecule has 0 radical (unpaired) electrons. The van der Waals surface area contributed by atoms with Gasteiger partial charge in [-0.3, -0.25) is 4.79 Å². The molecule has 0 aliphatic carbocycles. The van der Waals surface area contributed by atoms with Crippen LogP contribution in [0, 0.1) is 0 Å². The predicted molar refractivity (Wildman–Crippen MR) is 50.8 cm³/mol. The van der Waals surface area contributed by atoms with E-state index in [1.54, 1.807) is 0 Å². The van der Waals surface area contributed by atoms with Crippen LogP contribution >= 0.6 is 0 Å². The predicted octanol–water partition coefficient (Wildman–Crippen LogP) is 0.982. The first-order valence-corrected chi connectivity index (χ1v) is 4.66. The zero-order valence-electron chi connectivity index (χ0n) is 8.34. The van der Waals surface area contributed by atoms with Gasteiger partial charge in [-0.2, -0.15) is 0 Å². The summed E-state index contributed by atoms with van der Waals surface area (Å²) in [4.78, 5) is 13.3. The average molecular weight is 172 g/mol. The zero-order valence-corrected chi connectivity index (χ0v) is 8.34. The quantitative estimate of drug-likeness (QED) is 0.672. The molecule has 12 heavy (non-hydrogen) atoms. The minimum Gasteiger partial charge on any atom is -0.340 e. The van der Waals surface area contributed by atoms with E-state index in [9.17, 15) is 4.79 Å². The van der Waals surface area contributed by atoms with Gasteiger partial charge >= 0.3 is 0 Å². The van der Waals surface area contributed by atoms with E-state index in [1.165, 1.54) is 0 Å². The van der Waals surface area contributed by atoms with Gasteiger partial charge in [0.25, 0.3) is 0 Å². The molecule has 0 aliphatic rings. The molecule has 1 unspecified atom stereocenters. The summed E-state index contributed by atoms with van der Waals surface area (Å²) in [6.45, 7) is 7.39. The molecule has 0 heterocycles. The van der Waals surface area contributed by atoms with E-state index in [1.807, 2.05) is 11.8 Å². The van der Waals surface area contributed by atoms with Crippen molar-refractivity contribution in [2.45, 2.75) is 39.7 Å². The molecule has 3 nitrogen and oxygen atoms in total. The third-order valence-corrected chi connectivity index (χ3v) is 2.14. The van der Waals surface area contributed by atoms with Gasteiger partial charge in [0.2, 0.25) is 5.91 Å². The third-order valence-electron chi connectivity index (χ3n) is 2.14. The number of amides is 1. The van der Waals surface area contributed by atoms with E-state index >= 15 is 0 Å². The monoisotopic (exact) mass is 172 g/mol. The largest absolute Gasteiger partial charge is 0.340 e. The van der Waals surface area contributed by atoms with Crippen LogP contribution in [0.5, 0.6) is 0 Å². The average Bonchev–Trinajstić information content (AvgIpc) is 2.06. The van der Waals surface area contributed by atoms with Gasteiger partial charge in [-0.15, -0.1) is 0 Å². The summed E-state index contributed by atoms with van der Waals surface area (Å²) in [7, 11) is 0. The number of nitrogens with two attached hydrogens (primary N) is 1. The van der Waals surface area contributed by atoms with Crippen molar-refractivity contribution in [1.29, 1.82) is 0 Å². The van der Waals surface area contributed by atoms with Gasteiger partial charge in [0.15, 0.2) is 0 Å². The lowest BCUT2D eigenvalue weighted by Gasteiger charge is -2.27. The molecule has 0 aromatic carbocycles. The van der Waals surface area contributed by atoms with Crippen molar-refractivity contribution in [2.24, 2.45) is 5.73 Å². The Bertz CT molecular complexity index is 136. The molecule has 0 rings (SSSR count). The molecule has 0 bridgehead atoms. The van der Waals surface area contributed by atoms with Gasteiger partial charge in [-0.05, 0) is 20.3 Å². The Morgan fingerprint density at radius 1 is 1.50 bits per heavy atom. The number of nitrogens with zero attached hydrogens (tertiary/aromatic N) is 1.